The zero-order valence-electron chi connectivity index (χ0n) is 11.2. The lowest BCUT2D eigenvalue weighted by Crippen LogP contribution is -2.04. The van der Waals surface area contributed by atoms with Crippen molar-refractivity contribution in [3.05, 3.63) is 54.3 Å². The lowest BCUT2D eigenvalue weighted by Gasteiger charge is -2.01. The number of nitrogens with one attached hydrogen (secondary N) is 2. The molecular formula is C15H11FN4OS. The third kappa shape index (κ3) is 2.94. The first-order valence-corrected chi connectivity index (χ1v) is 6.82. The zero-order chi connectivity index (χ0) is 15.5. The van der Waals surface area contributed by atoms with Crippen molar-refractivity contribution in [1.29, 1.82) is 0 Å². The summed E-state index contributed by atoms with van der Waals surface area (Å²) < 4.78 is 13.3. The molecule has 0 bridgehead atoms. The first-order chi connectivity index (χ1) is 10.6. The summed E-state index contributed by atoms with van der Waals surface area (Å²) in [5.41, 5.74) is 1.49. The van der Waals surface area contributed by atoms with Crippen LogP contribution in [0.2, 0.25) is 0 Å². The Morgan fingerprint density at radius 2 is 1.95 bits per heavy atom. The molecule has 0 radical (unpaired) electrons. The van der Waals surface area contributed by atoms with Gasteiger partial charge in [0.2, 0.25) is 11.0 Å². The highest BCUT2D eigenvalue weighted by Crippen LogP contribution is 2.35. The van der Waals surface area contributed by atoms with Gasteiger partial charge >= 0.3 is 0 Å². The number of hydrogen-bond acceptors (Lipinski definition) is 3. The molecule has 5 nitrogen and oxygen atoms in total. The van der Waals surface area contributed by atoms with E-state index in [0.29, 0.717) is 10.9 Å². The molecule has 3 aromatic rings. The van der Waals surface area contributed by atoms with Crippen molar-refractivity contribution in [2.75, 3.05) is 5.32 Å². The topological polar surface area (TPSA) is 72.8 Å². The molecule has 0 unspecified atom stereocenters. The van der Waals surface area contributed by atoms with Gasteiger partial charge in [0.05, 0.1) is 5.52 Å². The summed E-state index contributed by atoms with van der Waals surface area (Å²) in [5, 5.41) is 21.0. The molecule has 2 aromatic carbocycles. The average molecular weight is 314 g/mol. The molecule has 3 N–H and O–H groups in total. The van der Waals surface area contributed by atoms with Gasteiger partial charge in [-0.1, -0.05) is 18.2 Å². The molecule has 0 aliphatic carbocycles. The zero-order valence-corrected chi connectivity index (χ0v) is 12.1. The van der Waals surface area contributed by atoms with Crippen molar-refractivity contribution >= 4 is 39.6 Å². The minimum atomic E-state index is -0.423. The minimum Gasteiger partial charge on any atom is -0.493 e. The number of hydrogen-bond donors (Lipinski definition) is 3. The highest BCUT2D eigenvalue weighted by Gasteiger charge is 2.11. The highest BCUT2D eigenvalue weighted by atomic mass is 32.1. The first kappa shape index (κ1) is 14.2. The number of thiocarbonyl (C=S) groups is 1. The minimum absolute atomic E-state index is 0.136. The summed E-state index contributed by atoms with van der Waals surface area (Å²) in [7, 11) is 0. The van der Waals surface area contributed by atoms with E-state index in [4.69, 9.17) is 12.2 Å². The maximum Gasteiger partial charge on any atom is 0.218 e. The number of anilines is 1. The van der Waals surface area contributed by atoms with Gasteiger partial charge in [-0.15, -0.1) is 10.2 Å². The Morgan fingerprint density at radius 3 is 2.73 bits per heavy atom. The van der Waals surface area contributed by atoms with Gasteiger partial charge in [0, 0.05) is 11.1 Å². The van der Waals surface area contributed by atoms with Crippen molar-refractivity contribution in [1.82, 2.24) is 4.98 Å². The number of halogens is 1. The van der Waals surface area contributed by atoms with Crippen molar-refractivity contribution in [3.63, 3.8) is 0 Å². The molecule has 22 heavy (non-hydrogen) atoms. The smallest absolute Gasteiger partial charge is 0.218 e. The van der Waals surface area contributed by atoms with Crippen molar-refractivity contribution < 1.29 is 9.50 Å². The lowest BCUT2D eigenvalue weighted by molar-refractivity contribution is 0.459. The van der Waals surface area contributed by atoms with Crippen LogP contribution in [0.15, 0.2) is 58.8 Å². The number of benzene rings is 2. The maximum absolute atomic E-state index is 13.3. The van der Waals surface area contributed by atoms with E-state index in [1.54, 1.807) is 0 Å². The predicted octanol–water partition coefficient (Wildman–Crippen LogP) is 4.49. The molecule has 0 aliphatic rings. The van der Waals surface area contributed by atoms with Gasteiger partial charge in [0.15, 0.2) is 5.69 Å². The Morgan fingerprint density at radius 1 is 1.18 bits per heavy atom. The second-order valence-electron chi connectivity index (χ2n) is 4.51. The third-order valence-electron chi connectivity index (χ3n) is 2.98. The molecule has 0 atom stereocenters. The lowest BCUT2D eigenvalue weighted by atomic mass is 10.2. The number of nitrogens with zero attached hydrogens (tertiary/aromatic N) is 2. The highest BCUT2D eigenvalue weighted by molar-refractivity contribution is 7.80. The van der Waals surface area contributed by atoms with Crippen LogP contribution < -0.4 is 5.32 Å². The predicted molar refractivity (Wildman–Crippen MR) is 87.1 cm³/mol. The summed E-state index contributed by atoms with van der Waals surface area (Å²) in [4.78, 5) is 2.70. The number of aromatic hydroxyl groups is 1. The van der Waals surface area contributed by atoms with Gasteiger partial charge in [0.1, 0.15) is 5.82 Å². The first-order valence-electron chi connectivity index (χ1n) is 6.41. The van der Waals surface area contributed by atoms with Crippen LogP contribution in [0.3, 0.4) is 0 Å². The fraction of sp³-hybridized carbons (Fsp3) is 0. The fourth-order valence-electron chi connectivity index (χ4n) is 2.00. The molecule has 0 amide bonds. The van der Waals surface area contributed by atoms with Crippen molar-refractivity contribution in [2.45, 2.75) is 0 Å². The Bertz CT molecular complexity index is 861. The number of H-pyrrole nitrogens is 1. The van der Waals surface area contributed by atoms with Crippen LogP contribution in [0.4, 0.5) is 15.8 Å². The number of aromatic nitrogens is 1. The molecule has 0 spiro atoms. The monoisotopic (exact) mass is 314 g/mol. The van der Waals surface area contributed by atoms with Gasteiger partial charge in [-0.05, 0) is 42.5 Å². The molecule has 3 rings (SSSR count). The van der Waals surface area contributed by atoms with Crippen molar-refractivity contribution in [2.24, 2.45) is 10.2 Å². The molecule has 1 aromatic heterocycles. The number of fused-ring (bicyclic) bond motifs is 1. The van der Waals surface area contributed by atoms with Gasteiger partial charge in [-0.25, -0.2) is 4.39 Å². The van der Waals surface area contributed by atoms with E-state index in [-0.39, 0.29) is 16.7 Å². The SMILES string of the molecule is Oc1[nH]c2ccc(F)cc2c1N=NC(=S)Nc1ccccc1. The number of azo groups is 1. The summed E-state index contributed by atoms with van der Waals surface area (Å²) in [6.07, 6.45) is 0. The van der Waals surface area contributed by atoms with Crippen LogP contribution in [0.1, 0.15) is 0 Å². The molecule has 0 aliphatic heterocycles. The normalized spacial score (nSPS) is 11.1. The Balaban J connectivity index is 1.85. The average Bonchev–Trinajstić information content (AvgIpc) is 2.81. The molecule has 0 saturated heterocycles. The molecule has 0 fully saturated rings. The molecular weight excluding hydrogens is 303 g/mol. The number of para-hydroxylation sites is 1. The quantitative estimate of drug-likeness (QED) is 0.482. The van der Waals surface area contributed by atoms with Crippen molar-refractivity contribution in [3.8, 4) is 5.88 Å². The van der Waals surface area contributed by atoms with Crippen LogP contribution in [0.25, 0.3) is 10.9 Å². The van der Waals surface area contributed by atoms with Gasteiger partial charge in [0.25, 0.3) is 0 Å². The molecule has 0 saturated carbocycles. The molecule has 1 heterocycles. The Labute approximate surface area is 130 Å². The van der Waals surface area contributed by atoms with E-state index < -0.39 is 5.82 Å². The number of aromatic amines is 1. The molecule has 7 heteroatoms. The van der Waals surface area contributed by atoms with Crippen LogP contribution in [0, 0.1) is 5.82 Å². The fourth-order valence-corrected chi connectivity index (χ4v) is 2.16. The Kier molecular flexibility index (Phi) is 3.80. The van der Waals surface area contributed by atoms with E-state index >= 15 is 0 Å². The standard InChI is InChI=1S/C15H11FN4OS/c16-9-6-7-12-11(8-9)13(14(21)18-12)19-20-15(22)17-10-4-2-1-3-5-10/h1-8,18,21H,(H,17,22). The largest absolute Gasteiger partial charge is 0.493 e. The van der Waals surface area contributed by atoms with Crippen LogP contribution in [0.5, 0.6) is 5.88 Å². The number of rotatable bonds is 2. The van der Waals surface area contributed by atoms with Crippen LogP contribution in [-0.4, -0.2) is 15.2 Å². The third-order valence-corrected chi connectivity index (χ3v) is 3.16. The van der Waals surface area contributed by atoms with E-state index in [9.17, 15) is 9.50 Å². The second kappa shape index (κ2) is 5.90. The summed E-state index contributed by atoms with van der Waals surface area (Å²) in [6, 6.07) is 13.3. The molecule has 110 valence electrons. The second-order valence-corrected chi connectivity index (χ2v) is 4.89. The van der Waals surface area contributed by atoms with E-state index in [2.05, 4.69) is 20.5 Å². The maximum atomic E-state index is 13.3. The van der Waals surface area contributed by atoms with Crippen LogP contribution >= 0.6 is 12.2 Å². The summed E-state index contributed by atoms with van der Waals surface area (Å²) in [5.74, 6) is -0.611. The Hall–Kier alpha value is -2.80. The van der Waals surface area contributed by atoms with Crippen LogP contribution in [-0.2, 0) is 0 Å². The summed E-state index contributed by atoms with van der Waals surface area (Å²) >= 11 is 5.06. The summed E-state index contributed by atoms with van der Waals surface area (Å²) in [6.45, 7) is 0. The van der Waals surface area contributed by atoms with Gasteiger partial charge < -0.3 is 15.4 Å². The van der Waals surface area contributed by atoms with E-state index in [0.717, 1.165) is 5.69 Å². The van der Waals surface area contributed by atoms with Gasteiger partial charge in [-0.3, -0.25) is 0 Å². The van der Waals surface area contributed by atoms with E-state index in [1.807, 2.05) is 30.3 Å². The van der Waals surface area contributed by atoms with Gasteiger partial charge in [-0.2, -0.15) is 0 Å². The van der Waals surface area contributed by atoms with E-state index in [1.165, 1.54) is 18.2 Å².